The van der Waals surface area contributed by atoms with Gasteiger partial charge in [-0.05, 0) is 30.0 Å². The minimum Gasteiger partial charge on any atom is -0.294 e. The summed E-state index contributed by atoms with van der Waals surface area (Å²) in [4.78, 5) is 12.1. The molecule has 0 aromatic heterocycles. The average molecular weight is 231 g/mol. The standard InChI is InChI=1S/C10H8ClFOS/c1-6(14)4-10(13)7-2-3-9(12)8(11)5-7/h2-3,5H,4H2,1H3. The zero-order chi connectivity index (χ0) is 10.7. The third-order valence-electron chi connectivity index (χ3n) is 1.65. The van der Waals surface area contributed by atoms with Crippen molar-refractivity contribution >= 4 is 34.5 Å². The number of hydrogen-bond acceptors (Lipinski definition) is 2. The maximum atomic E-state index is 12.8. The molecular formula is C10H8ClFOS. The van der Waals surface area contributed by atoms with Gasteiger partial charge in [-0.15, -0.1) is 0 Å². The second kappa shape index (κ2) is 4.62. The molecule has 1 aromatic carbocycles. The Bertz CT molecular complexity index is 390. The van der Waals surface area contributed by atoms with Crippen LogP contribution in [-0.4, -0.2) is 10.6 Å². The number of thiocarbonyl (C=S) groups is 1. The quantitative estimate of drug-likeness (QED) is 0.585. The van der Waals surface area contributed by atoms with Gasteiger partial charge in [-0.3, -0.25) is 4.79 Å². The topological polar surface area (TPSA) is 17.1 Å². The van der Waals surface area contributed by atoms with Gasteiger partial charge in [0.15, 0.2) is 5.78 Å². The van der Waals surface area contributed by atoms with E-state index in [0.717, 1.165) is 0 Å². The molecule has 0 heterocycles. The van der Waals surface area contributed by atoms with Crippen LogP contribution in [-0.2, 0) is 0 Å². The van der Waals surface area contributed by atoms with Gasteiger partial charge in [0.05, 0.1) is 5.02 Å². The minimum atomic E-state index is -0.526. The fourth-order valence-corrected chi connectivity index (χ4v) is 1.31. The summed E-state index contributed by atoms with van der Waals surface area (Å²) in [6.07, 6.45) is 0.192. The monoisotopic (exact) mass is 230 g/mol. The Morgan fingerprint density at radius 1 is 1.57 bits per heavy atom. The Morgan fingerprint density at radius 2 is 2.21 bits per heavy atom. The van der Waals surface area contributed by atoms with Crippen LogP contribution in [0.5, 0.6) is 0 Å². The third-order valence-corrected chi connectivity index (χ3v) is 2.09. The molecule has 0 atom stereocenters. The normalized spacial score (nSPS) is 9.93. The molecule has 0 unspecified atom stereocenters. The van der Waals surface area contributed by atoms with Crippen molar-refractivity contribution < 1.29 is 9.18 Å². The van der Waals surface area contributed by atoms with Crippen molar-refractivity contribution in [2.45, 2.75) is 13.3 Å². The second-order valence-electron chi connectivity index (χ2n) is 2.93. The molecule has 0 radical (unpaired) electrons. The Labute approximate surface area is 91.9 Å². The number of rotatable bonds is 3. The fraction of sp³-hybridized carbons (Fsp3) is 0.200. The van der Waals surface area contributed by atoms with E-state index >= 15 is 0 Å². The summed E-state index contributed by atoms with van der Waals surface area (Å²) in [6.45, 7) is 1.69. The lowest BCUT2D eigenvalue weighted by molar-refractivity contribution is 0.100. The van der Waals surface area contributed by atoms with Crippen molar-refractivity contribution in [2.24, 2.45) is 0 Å². The lowest BCUT2D eigenvalue weighted by atomic mass is 10.1. The van der Waals surface area contributed by atoms with E-state index < -0.39 is 5.82 Å². The minimum absolute atomic E-state index is 0.0436. The summed E-state index contributed by atoms with van der Waals surface area (Å²) in [5.41, 5.74) is 0.389. The first kappa shape index (κ1) is 11.3. The lowest BCUT2D eigenvalue weighted by Crippen LogP contribution is -2.03. The second-order valence-corrected chi connectivity index (χ2v) is 4.03. The van der Waals surface area contributed by atoms with Crippen molar-refractivity contribution in [1.29, 1.82) is 0 Å². The van der Waals surface area contributed by atoms with Crippen molar-refractivity contribution in [2.75, 3.05) is 0 Å². The van der Waals surface area contributed by atoms with Gasteiger partial charge in [-0.2, -0.15) is 0 Å². The SMILES string of the molecule is CC(=S)CC(=O)c1ccc(F)c(Cl)c1. The highest BCUT2D eigenvalue weighted by Gasteiger charge is 2.08. The van der Waals surface area contributed by atoms with Gasteiger partial charge < -0.3 is 0 Å². The highest BCUT2D eigenvalue weighted by molar-refractivity contribution is 7.80. The Morgan fingerprint density at radius 3 is 2.71 bits per heavy atom. The largest absolute Gasteiger partial charge is 0.294 e. The lowest BCUT2D eigenvalue weighted by Gasteiger charge is -2.00. The highest BCUT2D eigenvalue weighted by atomic mass is 35.5. The molecule has 1 aromatic rings. The number of carbonyl (C=O) groups excluding carboxylic acids is 1. The van der Waals surface area contributed by atoms with Crippen LogP contribution in [0.1, 0.15) is 23.7 Å². The van der Waals surface area contributed by atoms with E-state index in [-0.39, 0.29) is 17.2 Å². The summed E-state index contributed by atoms with van der Waals surface area (Å²) in [7, 11) is 0. The zero-order valence-corrected chi connectivity index (χ0v) is 9.08. The van der Waals surface area contributed by atoms with E-state index in [4.69, 9.17) is 23.8 Å². The molecule has 0 amide bonds. The van der Waals surface area contributed by atoms with Crippen LogP contribution >= 0.6 is 23.8 Å². The number of ketones is 1. The van der Waals surface area contributed by atoms with Crippen LogP contribution in [0, 0.1) is 5.82 Å². The molecule has 0 saturated heterocycles. The summed E-state index contributed by atoms with van der Waals surface area (Å²) in [5.74, 6) is -0.665. The molecule has 0 bridgehead atoms. The predicted octanol–water partition coefficient (Wildman–Crippen LogP) is 3.44. The molecular weight excluding hydrogens is 223 g/mol. The summed E-state index contributed by atoms with van der Waals surface area (Å²) in [5, 5.41) is -0.0436. The van der Waals surface area contributed by atoms with E-state index in [0.29, 0.717) is 10.4 Å². The Balaban J connectivity index is 2.91. The summed E-state index contributed by atoms with van der Waals surface area (Å²) >= 11 is 10.3. The molecule has 0 N–H and O–H groups in total. The van der Waals surface area contributed by atoms with Gasteiger partial charge in [0.2, 0.25) is 0 Å². The number of Topliss-reactive ketones (excluding diaryl/α,β-unsaturated/α-hetero) is 1. The Kier molecular flexibility index (Phi) is 3.72. The summed E-state index contributed by atoms with van der Waals surface area (Å²) in [6, 6.07) is 3.90. The number of carbonyl (C=O) groups is 1. The first-order valence-corrected chi connectivity index (χ1v) is 4.77. The molecule has 14 heavy (non-hydrogen) atoms. The van der Waals surface area contributed by atoms with Crippen molar-refractivity contribution in [3.8, 4) is 0 Å². The van der Waals surface area contributed by atoms with Gasteiger partial charge in [-0.1, -0.05) is 23.8 Å². The molecule has 0 aliphatic heterocycles. The van der Waals surface area contributed by atoms with Crippen LogP contribution in [0.25, 0.3) is 0 Å². The van der Waals surface area contributed by atoms with E-state index in [2.05, 4.69) is 0 Å². The number of hydrogen-bond donors (Lipinski definition) is 0. The first-order chi connectivity index (χ1) is 6.50. The predicted molar refractivity (Wildman–Crippen MR) is 58.6 cm³/mol. The molecule has 0 aliphatic carbocycles. The van der Waals surface area contributed by atoms with Crippen LogP contribution in [0.4, 0.5) is 4.39 Å². The molecule has 0 spiro atoms. The van der Waals surface area contributed by atoms with Gasteiger partial charge >= 0.3 is 0 Å². The highest BCUT2D eigenvalue weighted by Crippen LogP contribution is 2.17. The Hall–Kier alpha value is -0.800. The van der Waals surface area contributed by atoms with Crippen LogP contribution in [0.2, 0.25) is 5.02 Å². The van der Waals surface area contributed by atoms with Crippen molar-refractivity contribution in [3.63, 3.8) is 0 Å². The van der Waals surface area contributed by atoms with E-state index in [1.54, 1.807) is 6.92 Å². The molecule has 0 fully saturated rings. The number of benzene rings is 1. The molecule has 0 saturated carbocycles. The smallest absolute Gasteiger partial charge is 0.167 e. The molecule has 1 nitrogen and oxygen atoms in total. The number of halogens is 2. The van der Waals surface area contributed by atoms with Crippen molar-refractivity contribution in [1.82, 2.24) is 0 Å². The van der Waals surface area contributed by atoms with Crippen molar-refractivity contribution in [3.05, 3.63) is 34.6 Å². The van der Waals surface area contributed by atoms with E-state index in [9.17, 15) is 9.18 Å². The molecule has 0 aliphatic rings. The maximum Gasteiger partial charge on any atom is 0.167 e. The fourth-order valence-electron chi connectivity index (χ4n) is 0.998. The van der Waals surface area contributed by atoms with Crippen LogP contribution < -0.4 is 0 Å². The molecule has 4 heteroatoms. The third kappa shape index (κ3) is 2.86. The summed E-state index contributed by atoms with van der Waals surface area (Å²) < 4.78 is 12.8. The molecule has 74 valence electrons. The maximum absolute atomic E-state index is 12.8. The van der Waals surface area contributed by atoms with Crippen LogP contribution in [0.3, 0.4) is 0 Å². The first-order valence-electron chi connectivity index (χ1n) is 3.98. The van der Waals surface area contributed by atoms with Crippen LogP contribution in [0.15, 0.2) is 18.2 Å². The van der Waals surface area contributed by atoms with E-state index in [1.165, 1.54) is 18.2 Å². The van der Waals surface area contributed by atoms with Gasteiger partial charge in [-0.25, -0.2) is 4.39 Å². The molecule has 1 rings (SSSR count). The zero-order valence-electron chi connectivity index (χ0n) is 7.51. The average Bonchev–Trinajstić information content (AvgIpc) is 2.08. The van der Waals surface area contributed by atoms with E-state index in [1.807, 2.05) is 0 Å². The van der Waals surface area contributed by atoms with Gasteiger partial charge in [0, 0.05) is 12.0 Å². The van der Waals surface area contributed by atoms with Gasteiger partial charge in [0.25, 0.3) is 0 Å². The van der Waals surface area contributed by atoms with Gasteiger partial charge in [0.1, 0.15) is 5.82 Å².